The van der Waals surface area contributed by atoms with Gasteiger partial charge in [-0.25, -0.2) is 9.97 Å². The summed E-state index contributed by atoms with van der Waals surface area (Å²) in [4.78, 5) is 10.9. The molecule has 5 heteroatoms. The number of anilines is 1. The van der Waals surface area contributed by atoms with Gasteiger partial charge in [-0.3, -0.25) is 0 Å². The number of piperidine rings is 1. The lowest BCUT2D eigenvalue weighted by atomic mass is 10.1. The van der Waals surface area contributed by atoms with Crippen molar-refractivity contribution in [2.24, 2.45) is 5.92 Å². The van der Waals surface area contributed by atoms with E-state index in [2.05, 4.69) is 34.0 Å². The van der Waals surface area contributed by atoms with Crippen molar-refractivity contribution >= 4 is 5.82 Å². The molecule has 1 aliphatic rings. The van der Waals surface area contributed by atoms with Crippen LogP contribution in [0.1, 0.15) is 39.5 Å². The summed E-state index contributed by atoms with van der Waals surface area (Å²) >= 11 is 0. The molecule has 1 N–H and O–H groups in total. The maximum Gasteiger partial charge on any atom is 0.218 e. The zero-order valence-corrected chi connectivity index (χ0v) is 13.3. The van der Waals surface area contributed by atoms with Gasteiger partial charge in [0.1, 0.15) is 12.1 Å². The van der Waals surface area contributed by atoms with Crippen molar-refractivity contribution in [1.29, 1.82) is 0 Å². The third-order valence-corrected chi connectivity index (χ3v) is 3.75. The minimum absolute atomic E-state index is 0.609. The molecule has 1 unspecified atom stereocenters. The molecule has 2 heterocycles. The second kappa shape index (κ2) is 8.82. The molecule has 2 rings (SSSR count). The van der Waals surface area contributed by atoms with Crippen LogP contribution < -0.4 is 10.1 Å². The van der Waals surface area contributed by atoms with Crippen LogP contribution in [0.2, 0.25) is 0 Å². The highest BCUT2D eigenvalue weighted by molar-refractivity contribution is 5.36. The molecule has 0 spiro atoms. The van der Waals surface area contributed by atoms with Gasteiger partial charge in [-0.2, -0.15) is 0 Å². The molecule has 1 aliphatic heterocycles. The highest BCUT2D eigenvalue weighted by atomic mass is 16.5. The van der Waals surface area contributed by atoms with Crippen molar-refractivity contribution in [3.8, 4) is 5.88 Å². The van der Waals surface area contributed by atoms with Crippen LogP contribution >= 0.6 is 0 Å². The van der Waals surface area contributed by atoms with Gasteiger partial charge in [0.2, 0.25) is 5.88 Å². The molecule has 0 bridgehead atoms. The Balaban J connectivity index is 1.73. The number of aromatic nitrogens is 2. The summed E-state index contributed by atoms with van der Waals surface area (Å²) in [6, 6.07) is 1.88. The van der Waals surface area contributed by atoms with Gasteiger partial charge in [0.15, 0.2) is 0 Å². The summed E-state index contributed by atoms with van der Waals surface area (Å²) < 4.78 is 5.52. The molecule has 118 valence electrons. The van der Waals surface area contributed by atoms with Crippen molar-refractivity contribution in [2.75, 3.05) is 38.1 Å². The standard InChI is InChI=1S/C16H28N4O/c1-3-9-21-16-10-15(18-13-19-16)17-11-14(2)12-20-7-5-4-6-8-20/h10,13-14H,3-9,11-12H2,1-2H3,(H,17,18,19). The number of hydrogen-bond acceptors (Lipinski definition) is 5. The molecular weight excluding hydrogens is 264 g/mol. The lowest BCUT2D eigenvalue weighted by Gasteiger charge is -2.29. The van der Waals surface area contributed by atoms with E-state index < -0.39 is 0 Å². The predicted molar refractivity (Wildman–Crippen MR) is 85.8 cm³/mol. The van der Waals surface area contributed by atoms with Gasteiger partial charge in [0, 0.05) is 19.2 Å². The third kappa shape index (κ3) is 5.87. The van der Waals surface area contributed by atoms with Crippen molar-refractivity contribution in [2.45, 2.75) is 39.5 Å². The summed E-state index contributed by atoms with van der Waals surface area (Å²) in [7, 11) is 0. The molecule has 21 heavy (non-hydrogen) atoms. The fourth-order valence-electron chi connectivity index (χ4n) is 2.65. The van der Waals surface area contributed by atoms with Crippen LogP contribution in [0.5, 0.6) is 5.88 Å². The first-order valence-electron chi connectivity index (χ1n) is 8.19. The highest BCUT2D eigenvalue weighted by Gasteiger charge is 2.13. The summed E-state index contributed by atoms with van der Waals surface area (Å²) in [5, 5.41) is 3.39. The average Bonchev–Trinajstić information content (AvgIpc) is 2.52. The third-order valence-electron chi connectivity index (χ3n) is 3.75. The van der Waals surface area contributed by atoms with Crippen LogP contribution in [0.4, 0.5) is 5.82 Å². The summed E-state index contributed by atoms with van der Waals surface area (Å²) in [5.74, 6) is 2.11. The topological polar surface area (TPSA) is 50.3 Å². The van der Waals surface area contributed by atoms with E-state index >= 15 is 0 Å². The molecule has 0 aromatic carbocycles. The van der Waals surface area contributed by atoms with Gasteiger partial charge in [-0.05, 0) is 38.3 Å². The Hall–Kier alpha value is -1.36. The Morgan fingerprint density at radius 3 is 2.86 bits per heavy atom. The smallest absolute Gasteiger partial charge is 0.218 e. The minimum Gasteiger partial charge on any atom is -0.478 e. The quantitative estimate of drug-likeness (QED) is 0.798. The van der Waals surface area contributed by atoms with E-state index in [4.69, 9.17) is 4.74 Å². The molecule has 5 nitrogen and oxygen atoms in total. The van der Waals surface area contributed by atoms with E-state index in [0.29, 0.717) is 18.4 Å². The molecule has 1 saturated heterocycles. The normalized spacial score (nSPS) is 17.4. The molecule has 1 aromatic rings. The van der Waals surface area contributed by atoms with Gasteiger partial charge in [0.25, 0.3) is 0 Å². The van der Waals surface area contributed by atoms with Crippen LogP contribution in [0.25, 0.3) is 0 Å². The minimum atomic E-state index is 0.609. The Kier molecular flexibility index (Phi) is 6.73. The first-order chi connectivity index (χ1) is 10.3. The Morgan fingerprint density at radius 2 is 2.10 bits per heavy atom. The second-order valence-electron chi connectivity index (χ2n) is 5.94. The first-order valence-corrected chi connectivity index (χ1v) is 8.19. The van der Waals surface area contributed by atoms with Gasteiger partial charge in [0.05, 0.1) is 6.61 Å². The average molecular weight is 292 g/mol. The maximum atomic E-state index is 5.52. The van der Waals surface area contributed by atoms with Crippen molar-refractivity contribution in [1.82, 2.24) is 14.9 Å². The molecule has 1 atom stereocenters. The summed E-state index contributed by atoms with van der Waals surface area (Å²) in [6.07, 6.45) is 6.64. The zero-order valence-electron chi connectivity index (χ0n) is 13.3. The molecule has 0 radical (unpaired) electrons. The summed E-state index contributed by atoms with van der Waals surface area (Å²) in [5.41, 5.74) is 0. The van der Waals surface area contributed by atoms with Crippen molar-refractivity contribution in [3.63, 3.8) is 0 Å². The Bertz CT molecular complexity index is 407. The lowest BCUT2D eigenvalue weighted by molar-refractivity contribution is 0.204. The molecule has 1 aromatic heterocycles. The van der Waals surface area contributed by atoms with Crippen molar-refractivity contribution in [3.05, 3.63) is 12.4 Å². The Morgan fingerprint density at radius 1 is 1.29 bits per heavy atom. The van der Waals surface area contributed by atoms with Crippen LogP contribution in [0.3, 0.4) is 0 Å². The predicted octanol–water partition coefficient (Wildman–Crippen LogP) is 2.80. The molecular formula is C16H28N4O. The maximum absolute atomic E-state index is 5.52. The largest absolute Gasteiger partial charge is 0.478 e. The SMILES string of the molecule is CCCOc1cc(NCC(C)CN2CCCCC2)ncn1. The van der Waals surface area contributed by atoms with Gasteiger partial charge < -0.3 is 15.0 Å². The van der Waals surface area contributed by atoms with E-state index in [1.54, 1.807) is 6.33 Å². The summed E-state index contributed by atoms with van der Waals surface area (Å²) in [6.45, 7) is 9.68. The first kappa shape index (κ1) is 16.0. The van der Waals surface area contributed by atoms with Gasteiger partial charge in [-0.15, -0.1) is 0 Å². The van der Waals surface area contributed by atoms with Gasteiger partial charge in [-0.1, -0.05) is 20.3 Å². The monoisotopic (exact) mass is 292 g/mol. The number of likely N-dealkylation sites (tertiary alicyclic amines) is 1. The van der Waals surface area contributed by atoms with E-state index in [1.165, 1.54) is 32.4 Å². The molecule has 0 saturated carbocycles. The van der Waals surface area contributed by atoms with Crippen LogP contribution in [0, 0.1) is 5.92 Å². The molecule has 1 fully saturated rings. The van der Waals surface area contributed by atoms with E-state index in [1.807, 2.05) is 6.07 Å². The van der Waals surface area contributed by atoms with Crippen LogP contribution in [0.15, 0.2) is 12.4 Å². The zero-order chi connectivity index (χ0) is 14.9. The number of nitrogens with one attached hydrogen (secondary N) is 1. The fraction of sp³-hybridized carbons (Fsp3) is 0.750. The van der Waals surface area contributed by atoms with Gasteiger partial charge >= 0.3 is 0 Å². The van der Waals surface area contributed by atoms with E-state index in [9.17, 15) is 0 Å². The van der Waals surface area contributed by atoms with E-state index in [-0.39, 0.29) is 0 Å². The number of ether oxygens (including phenoxy) is 1. The van der Waals surface area contributed by atoms with E-state index in [0.717, 1.165) is 25.3 Å². The highest BCUT2D eigenvalue weighted by Crippen LogP contribution is 2.13. The van der Waals surface area contributed by atoms with Crippen LogP contribution in [-0.4, -0.2) is 47.7 Å². The Labute approximate surface area is 128 Å². The molecule has 0 aliphatic carbocycles. The van der Waals surface area contributed by atoms with Crippen molar-refractivity contribution < 1.29 is 4.74 Å². The number of nitrogens with zero attached hydrogens (tertiary/aromatic N) is 3. The second-order valence-corrected chi connectivity index (χ2v) is 5.94. The van der Waals surface area contributed by atoms with Crippen LogP contribution in [-0.2, 0) is 0 Å². The lowest BCUT2D eigenvalue weighted by Crippen LogP contribution is -2.35. The number of rotatable bonds is 8. The fourth-order valence-corrected chi connectivity index (χ4v) is 2.65. The molecule has 0 amide bonds. The number of hydrogen-bond donors (Lipinski definition) is 1.